The third-order valence-corrected chi connectivity index (χ3v) is 2.87. The topological polar surface area (TPSA) is 16.1 Å². The lowest BCUT2D eigenvalue weighted by Gasteiger charge is -2.33. The van der Waals surface area contributed by atoms with Crippen molar-refractivity contribution in [3.05, 3.63) is 23.5 Å². The van der Waals surface area contributed by atoms with Gasteiger partial charge in [0.2, 0.25) is 0 Å². The summed E-state index contributed by atoms with van der Waals surface area (Å²) in [6, 6.07) is 2.27. The summed E-state index contributed by atoms with van der Waals surface area (Å²) in [4.78, 5) is 6.92. The van der Waals surface area contributed by atoms with E-state index in [0.29, 0.717) is 5.92 Å². The first-order chi connectivity index (χ1) is 6.68. The molecule has 1 aliphatic rings. The first-order valence-electron chi connectivity index (χ1n) is 5.40. The summed E-state index contributed by atoms with van der Waals surface area (Å²) in [5.41, 5.74) is 3.84. The Hall–Kier alpha value is -1.05. The highest BCUT2D eigenvalue weighted by Gasteiger charge is 2.15. The van der Waals surface area contributed by atoms with Gasteiger partial charge in [-0.3, -0.25) is 4.98 Å². The number of anilines is 1. The fourth-order valence-electron chi connectivity index (χ4n) is 1.92. The number of hydrogen-bond acceptors (Lipinski definition) is 2. The summed E-state index contributed by atoms with van der Waals surface area (Å²) in [6.07, 6.45) is 3.34. The van der Waals surface area contributed by atoms with Crippen molar-refractivity contribution in [1.82, 2.24) is 4.98 Å². The van der Waals surface area contributed by atoms with E-state index < -0.39 is 0 Å². The summed E-state index contributed by atoms with van der Waals surface area (Å²) in [5.74, 6) is 0.528. The van der Waals surface area contributed by atoms with Crippen LogP contribution in [0.25, 0.3) is 0 Å². The van der Waals surface area contributed by atoms with Crippen molar-refractivity contribution in [2.75, 3.05) is 18.0 Å². The highest BCUT2D eigenvalue weighted by molar-refractivity contribution is 5.49. The molecule has 1 saturated heterocycles. The van der Waals surface area contributed by atoms with Crippen LogP contribution in [0.4, 0.5) is 5.69 Å². The van der Waals surface area contributed by atoms with E-state index in [1.807, 2.05) is 6.20 Å². The van der Waals surface area contributed by atoms with Gasteiger partial charge in [-0.1, -0.05) is 13.8 Å². The molecule has 2 heteroatoms. The van der Waals surface area contributed by atoms with Crippen LogP contribution in [0.5, 0.6) is 0 Å². The number of pyridine rings is 1. The summed E-state index contributed by atoms with van der Waals surface area (Å²) in [7, 11) is 0. The monoisotopic (exact) mass is 190 g/mol. The van der Waals surface area contributed by atoms with Crippen LogP contribution in [-0.2, 0) is 0 Å². The summed E-state index contributed by atoms with van der Waals surface area (Å²) in [5, 5.41) is 0. The van der Waals surface area contributed by atoms with Crippen LogP contribution < -0.4 is 4.90 Å². The summed E-state index contributed by atoms with van der Waals surface area (Å²) < 4.78 is 0. The molecule has 0 spiro atoms. The van der Waals surface area contributed by atoms with Crippen LogP contribution in [0.2, 0.25) is 0 Å². The van der Waals surface area contributed by atoms with Crippen LogP contribution in [0.1, 0.15) is 37.4 Å². The van der Waals surface area contributed by atoms with E-state index in [4.69, 9.17) is 0 Å². The van der Waals surface area contributed by atoms with Crippen LogP contribution in [0.3, 0.4) is 0 Å². The third-order valence-electron chi connectivity index (χ3n) is 2.87. The van der Waals surface area contributed by atoms with Gasteiger partial charge < -0.3 is 4.90 Å². The zero-order chi connectivity index (χ0) is 10.1. The van der Waals surface area contributed by atoms with E-state index >= 15 is 0 Å². The number of hydrogen-bond donors (Lipinski definition) is 0. The van der Waals surface area contributed by atoms with Crippen molar-refractivity contribution in [3.63, 3.8) is 0 Å². The first kappa shape index (κ1) is 9.50. The Bertz CT molecular complexity index is 327. The Morgan fingerprint density at radius 3 is 2.50 bits per heavy atom. The predicted molar refractivity (Wildman–Crippen MR) is 59.9 cm³/mol. The van der Waals surface area contributed by atoms with E-state index in [1.54, 1.807) is 0 Å². The Morgan fingerprint density at radius 1 is 1.36 bits per heavy atom. The second kappa shape index (κ2) is 3.60. The number of aromatic nitrogens is 1. The Kier molecular flexibility index (Phi) is 2.44. The standard InChI is InChI=1S/C12H18N2/c1-9(2)12-10(3)7-11(8-13-12)14-5-4-6-14/h7-9H,4-6H2,1-3H3. The first-order valence-corrected chi connectivity index (χ1v) is 5.40. The van der Waals surface area contributed by atoms with Gasteiger partial charge in [0.05, 0.1) is 11.9 Å². The van der Waals surface area contributed by atoms with Crippen LogP contribution in [-0.4, -0.2) is 18.1 Å². The minimum absolute atomic E-state index is 0.528. The molecule has 1 fully saturated rings. The van der Waals surface area contributed by atoms with E-state index in [9.17, 15) is 0 Å². The largest absolute Gasteiger partial charge is 0.370 e. The normalized spacial score (nSPS) is 15.9. The van der Waals surface area contributed by atoms with Crippen molar-refractivity contribution in [2.45, 2.75) is 33.1 Å². The van der Waals surface area contributed by atoms with E-state index in [2.05, 4.69) is 36.7 Å². The minimum Gasteiger partial charge on any atom is -0.370 e. The van der Waals surface area contributed by atoms with Gasteiger partial charge in [0.1, 0.15) is 0 Å². The maximum atomic E-state index is 4.54. The number of nitrogens with zero attached hydrogens (tertiary/aromatic N) is 2. The van der Waals surface area contributed by atoms with Crippen LogP contribution in [0, 0.1) is 6.92 Å². The molecule has 14 heavy (non-hydrogen) atoms. The van der Waals surface area contributed by atoms with Gasteiger partial charge in [-0.25, -0.2) is 0 Å². The van der Waals surface area contributed by atoms with Crippen LogP contribution >= 0.6 is 0 Å². The molecule has 2 nitrogen and oxygen atoms in total. The average molecular weight is 190 g/mol. The zero-order valence-electron chi connectivity index (χ0n) is 9.25. The lowest BCUT2D eigenvalue weighted by molar-refractivity contribution is 0.615. The second-order valence-electron chi connectivity index (χ2n) is 4.39. The SMILES string of the molecule is Cc1cc(N2CCC2)cnc1C(C)C. The number of rotatable bonds is 2. The van der Waals surface area contributed by atoms with Gasteiger partial charge in [-0.2, -0.15) is 0 Å². The molecule has 0 saturated carbocycles. The molecule has 1 aliphatic heterocycles. The van der Waals surface area contributed by atoms with Gasteiger partial charge in [0, 0.05) is 18.8 Å². The summed E-state index contributed by atoms with van der Waals surface area (Å²) in [6.45, 7) is 8.94. The van der Waals surface area contributed by atoms with E-state index in [1.165, 1.54) is 36.5 Å². The van der Waals surface area contributed by atoms with E-state index in [0.717, 1.165) is 0 Å². The lowest BCUT2D eigenvalue weighted by atomic mass is 10.0. The molecule has 0 N–H and O–H groups in total. The highest BCUT2D eigenvalue weighted by Crippen LogP contribution is 2.24. The molecule has 0 bridgehead atoms. The predicted octanol–water partition coefficient (Wildman–Crippen LogP) is 2.72. The molecule has 76 valence electrons. The minimum atomic E-state index is 0.528. The summed E-state index contributed by atoms with van der Waals surface area (Å²) >= 11 is 0. The molecule has 0 aromatic carbocycles. The molecular weight excluding hydrogens is 172 g/mol. The van der Waals surface area contributed by atoms with Crippen molar-refractivity contribution in [3.8, 4) is 0 Å². The smallest absolute Gasteiger partial charge is 0.0555 e. The zero-order valence-corrected chi connectivity index (χ0v) is 9.25. The van der Waals surface area contributed by atoms with Gasteiger partial charge in [-0.15, -0.1) is 0 Å². The lowest BCUT2D eigenvalue weighted by Crippen LogP contribution is -2.37. The molecule has 0 radical (unpaired) electrons. The Labute approximate surface area is 86.0 Å². The van der Waals surface area contributed by atoms with Crippen molar-refractivity contribution < 1.29 is 0 Å². The van der Waals surface area contributed by atoms with Gasteiger partial charge in [0.25, 0.3) is 0 Å². The molecule has 2 heterocycles. The van der Waals surface area contributed by atoms with Crippen molar-refractivity contribution in [2.24, 2.45) is 0 Å². The van der Waals surface area contributed by atoms with Gasteiger partial charge in [0.15, 0.2) is 0 Å². The maximum Gasteiger partial charge on any atom is 0.0555 e. The molecule has 1 aromatic heterocycles. The molecular formula is C12H18N2. The molecule has 0 amide bonds. The average Bonchev–Trinajstić information content (AvgIpc) is 2.00. The fraction of sp³-hybridized carbons (Fsp3) is 0.583. The quantitative estimate of drug-likeness (QED) is 0.713. The Morgan fingerprint density at radius 2 is 2.07 bits per heavy atom. The van der Waals surface area contributed by atoms with Crippen molar-refractivity contribution in [1.29, 1.82) is 0 Å². The molecule has 0 atom stereocenters. The fourth-order valence-corrected chi connectivity index (χ4v) is 1.92. The Balaban J connectivity index is 2.25. The van der Waals surface area contributed by atoms with Gasteiger partial charge >= 0.3 is 0 Å². The maximum absolute atomic E-state index is 4.54. The second-order valence-corrected chi connectivity index (χ2v) is 4.39. The molecule has 0 unspecified atom stereocenters. The third kappa shape index (κ3) is 1.61. The molecule has 0 aliphatic carbocycles. The van der Waals surface area contributed by atoms with Crippen LogP contribution in [0.15, 0.2) is 12.3 Å². The van der Waals surface area contributed by atoms with E-state index in [-0.39, 0.29) is 0 Å². The van der Waals surface area contributed by atoms with Gasteiger partial charge in [-0.05, 0) is 30.9 Å². The van der Waals surface area contributed by atoms with Crippen molar-refractivity contribution >= 4 is 5.69 Å². The highest BCUT2D eigenvalue weighted by atomic mass is 15.2. The molecule has 1 aromatic rings. The molecule has 2 rings (SSSR count). The number of aryl methyl sites for hydroxylation is 1.